The highest BCUT2D eigenvalue weighted by Gasteiger charge is 2.38. The molecule has 4 rings (SSSR count). The predicted molar refractivity (Wildman–Crippen MR) is 121 cm³/mol. The van der Waals surface area contributed by atoms with E-state index in [1.165, 1.54) is 43.4 Å². The Bertz CT molecular complexity index is 1460. The molecule has 9 nitrogen and oxygen atoms in total. The molecule has 0 radical (unpaired) electrons. The van der Waals surface area contributed by atoms with Crippen LogP contribution in [0.5, 0.6) is 11.5 Å². The number of H-pyrrole nitrogens is 1. The quantitative estimate of drug-likeness (QED) is 0.427. The van der Waals surface area contributed by atoms with Crippen molar-refractivity contribution in [1.29, 1.82) is 0 Å². The van der Waals surface area contributed by atoms with Crippen molar-refractivity contribution in [3.63, 3.8) is 0 Å². The van der Waals surface area contributed by atoms with E-state index in [2.05, 4.69) is 15.0 Å². The second kappa shape index (κ2) is 9.28. The van der Waals surface area contributed by atoms with Gasteiger partial charge in [0, 0.05) is 12.6 Å². The number of methoxy groups -OCH3 is 2. The molecular weight excluding hydrogens is 467 g/mol. The molecule has 35 heavy (non-hydrogen) atoms. The number of hydrogen-bond donors (Lipinski definition) is 1. The van der Waals surface area contributed by atoms with Crippen LogP contribution in [0.2, 0.25) is 0 Å². The monoisotopic (exact) mass is 489 g/mol. The number of hydrogen-bond acceptors (Lipinski definition) is 6. The maximum Gasteiger partial charge on any atom is 0.449 e. The van der Waals surface area contributed by atoms with Crippen LogP contribution in [0.25, 0.3) is 21.9 Å². The number of benzene rings is 2. The van der Waals surface area contributed by atoms with Crippen molar-refractivity contribution in [2.45, 2.75) is 26.2 Å². The van der Waals surface area contributed by atoms with Gasteiger partial charge in [-0.2, -0.15) is 13.2 Å². The van der Waals surface area contributed by atoms with Crippen molar-refractivity contribution in [2.24, 2.45) is 0 Å². The smallest absolute Gasteiger partial charge is 0.449 e. The third kappa shape index (κ3) is 4.63. The van der Waals surface area contributed by atoms with Crippen molar-refractivity contribution in [3.8, 4) is 11.5 Å². The topological polar surface area (TPSA) is 102 Å². The highest BCUT2D eigenvalue weighted by atomic mass is 19.4. The number of carbonyl (C=O) groups excluding carboxylic acids is 1. The Morgan fingerprint density at radius 3 is 2.43 bits per heavy atom. The number of fused-ring (bicyclic) bond motifs is 2. The number of likely N-dealkylation sites (N-methyl/N-ethyl adjacent to an activating group) is 1. The molecule has 0 saturated heterocycles. The zero-order chi connectivity index (χ0) is 25.3. The molecule has 0 atom stereocenters. The van der Waals surface area contributed by atoms with E-state index in [0.29, 0.717) is 17.0 Å². The first kappa shape index (κ1) is 24.0. The largest absolute Gasteiger partial charge is 0.493 e. The van der Waals surface area contributed by atoms with Gasteiger partial charge in [0.05, 0.1) is 42.7 Å². The molecule has 0 fully saturated rings. The van der Waals surface area contributed by atoms with Crippen LogP contribution in [-0.4, -0.2) is 51.1 Å². The molecule has 12 heteroatoms. The molecule has 0 aliphatic heterocycles. The van der Waals surface area contributed by atoms with Gasteiger partial charge in [-0.3, -0.25) is 9.59 Å². The molecule has 0 aliphatic carbocycles. The molecule has 0 saturated carbocycles. The van der Waals surface area contributed by atoms with Crippen LogP contribution in [0, 0.1) is 0 Å². The minimum absolute atomic E-state index is 0.108. The molecule has 4 aromatic rings. The Morgan fingerprint density at radius 1 is 1.09 bits per heavy atom. The third-order valence-electron chi connectivity index (χ3n) is 5.54. The number of nitrogens with one attached hydrogen (secondary N) is 1. The summed E-state index contributed by atoms with van der Waals surface area (Å²) in [6.07, 6.45) is -4.73. The number of halogens is 3. The standard InChI is InChI=1S/C23H22F3N5O4/c1-4-30(11-19-27-15-10-18(35-3)17(34-2)9-13(15)21(33)29-19)20(32)12-31-16-8-6-5-7-14(16)28-22(31)23(24,25)26/h5-10H,4,11-12H2,1-3H3,(H,27,29,33). The van der Waals surface area contributed by atoms with Gasteiger partial charge in [0.15, 0.2) is 11.5 Å². The van der Waals surface area contributed by atoms with Gasteiger partial charge in [-0.25, -0.2) is 9.97 Å². The number of nitrogens with zero attached hydrogens (tertiary/aromatic N) is 4. The SMILES string of the molecule is CCN(Cc1nc2cc(OC)c(OC)cc2c(=O)[nH]1)C(=O)Cn1c(C(F)(F)F)nc2ccccc21. The first-order valence-electron chi connectivity index (χ1n) is 10.6. The van der Waals surface area contributed by atoms with Gasteiger partial charge in [-0.05, 0) is 25.1 Å². The lowest BCUT2D eigenvalue weighted by atomic mass is 10.2. The summed E-state index contributed by atoms with van der Waals surface area (Å²) in [7, 11) is 2.89. The van der Waals surface area contributed by atoms with Gasteiger partial charge in [0.1, 0.15) is 12.4 Å². The first-order chi connectivity index (χ1) is 16.7. The number of amides is 1. The second-order valence-corrected chi connectivity index (χ2v) is 7.65. The molecule has 2 aromatic carbocycles. The van der Waals surface area contributed by atoms with Gasteiger partial charge in [0.25, 0.3) is 5.56 Å². The molecule has 184 valence electrons. The molecular formula is C23H22F3N5O4. The van der Waals surface area contributed by atoms with Crippen LogP contribution in [-0.2, 0) is 24.1 Å². The predicted octanol–water partition coefficient (Wildman–Crippen LogP) is 3.36. The summed E-state index contributed by atoms with van der Waals surface area (Å²) in [4.78, 5) is 37.7. The van der Waals surface area contributed by atoms with Crippen molar-refractivity contribution >= 4 is 27.8 Å². The lowest BCUT2D eigenvalue weighted by Gasteiger charge is -2.22. The van der Waals surface area contributed by atoms with Gasteiger partial charge in [-0.15, -0.1) is 0 Å². The minimum Gasteiger partial charge on any atom is -0.493 e. The summed E-state index contributed by atoms with van der Waals surface area (Å²) < 4.78 is 52.1. The van der Waals surface area contributed by atoms with Crippen LogP contribution in [0.3, 0.4) is 0 Å². The van der Waals surface area contributed by atoms with Crippen LogP contribution in [0.4, 0.5) is 13.2 Å². The number of ether oxygens (including phenoxy) is 2. The van der Waals surface area contributed by atoms with Gasteiger partial charge < -0.3 is 23.9 Å². The van der Waals surface area contributed by atoms with Gasteiger partial charge >= 0.3 is 6.18 Å². The van der Waals surface area contributed by atoms with E-state index in [-0.39, 0.29) is 35.3 Å². The fourth-order valence-electron chi connectivity index (χ4n) is 3.83. The number of rotatable bonds is 7. The molecule has 0 aliphatic rings. The van der Waals surface area contributed by atoms with E-state index in [9.17, 15) is 22.8 Å². The normalized spacial score (nSPS) is 11.7. The van der Waals surface area contributed by atoms with E-state index in [4.69, 9.17) is 9.47 Å². The number of aromatic amines is 1. The molecule has 2 heterocycles. The van der Waals surface area contributed by atoms with Crippen molar-refractivity contribution in [2.75, 3.05) is 20.8 Å². The average molecular weight is 489 g/mol. The summed E-state index contributed by atoms with van der Waals surface area (Å²) in [6.45, 7) is 1.18. The Kier molecular flexibility index (Phi) is 6.37. The van der Waals surface area contributed by atoms with E-state index in [1.54, 1.807) is 19.1 Å². The number of carbonyl (C=O) groups is 1. The maximum atomic E-state index is 13.6. The van der Waals surface area contributed by atoms with Crippen molar-refractivity contribution in [3.05, 3.63) is 58.4 Å². The number of aromatic nitrogens is 4. The van der Waals surface area contributed by atoms with Crippen LogP contribution in [0.15, 0.2) is 41.2 Å². The fourth-order valence-corrected chi connectivity index (χ4v) is 3.83. The van der Waals surface area contributed by atoms with E-state index < -0.39 is 30.0 Å². The Morgan fingerprint density at radius 2 is 1.77 bits per heavy atom. The molecule has 1 N–H and O–H groups in total. The Labute approximate surface area is 197 Å². The number of alkyl halides is 3. The first-order valence-corrected chi connectivity index (χ1v) is 10.6. The third-order valence-corrected chi connectivity index (χ3v) is 5.54. The molecule has 1 amide bonds. The van der Waals surface area contributed by atoms with Crippen LogP contribution >= 0.6 is 0 Å². The number of para-hydroxylation sites is 2. The van der Waals surface area contributed by atoms with Gasteiger partial charge in [0.2, 0.25) is 11.7 Å². The fraction of sp³-hybridized carbons (Fsp3) is 0.304. The molecule has 2 aromatic heterocycles. The summed E-state index contributed by atoms with van der Waals surface area (Å²) in [6, 6.07) is 9.12. The zero-order valence-corrected chi connectivity index (χ0v) is 19.1. The summed E-state index contributed by atoms with van der Waals surface area (Å²) in [5.74, 6) is -0.827. The van der Waals surface area contributed by atoms with Crippen molar-refractivity contribution < 1.29 is 27.4 Å². The molecule has 0 spiro atoms. The Hall–Kier alpha value is -4.09. The van der Waals surface area contributed by atoms with Crippen molar-refractivity contribution in [1.82, 2.24) is 24.4 Å². The second-order valence-electron chi connectivity index (χ2n) is 7.65. The highest BCUT2D eigenvalue weighted by Crippen LogP contribution is 2.32. The van der Waals surface area contributed by atoms with Crippen LogP contribution in [0.1, 0.15) is 18.6 Å². The average Bonchev–Trinajstić information content (AvgIpc) is 3.20. The van der Waals surface area contributed by atoms with E-state index in [0.717, 1.165) is 4.57 Å². The summed E-state index contributed by atoms with van der Waals surface area (Å²) >= 11 is 0. The van der Waals surface area contributed by atoms with E-state index >= 15 is 0 Å². The van der Waals surface area contributed by atoms with E-state index in [1.807, 2.05) is 0 Å². The van der Waals surface area contributed by atoms with Gasteiger partial charge in [-0.1, -0.05) is 12.1 Å². The summed E-state index contributed by atoms with van der Waals surface area (Å²) in [5, 5.41) is 0.264. The minimum atomic E-state index is -4.73. The summed E-state index contributed by atoms with van der Waals surface area (Å²) in [5.41, 5.74) is 0.211. The van der Waals surface area contributed by atoms with Crippen LogP contribution < -0.4 is 15.0 Å². The molecule has 0 bridgehead atoms. The maximum absolute atomic E-state index is 13.6. The lowest BCUT2D eigenvalue weighted by molar-refractivity contribution is -0.148. The number of imidazole rings is 1. The molecule has 0 unspecified atom stereocenters. The highest BCUT2D eigenvalue weighted by molar-refractivity contribution is 5.83. The zero-order valence-electron chi connectivity index (χ0n) is 19.1. The lowest BCUT2D eigenvalue weighted by Crippen LogP contribution is -2.35. The Balaban J connectivity index is 1.65.